The lowest BCUT2D eigenvalue weighted by Crippen LogP contribution is -2.39. The molecule has 0 atom stereocenters. The van der Waals surface area contributed by atoms with Crippen LogP contribution in [0.2, 0.25) is 0 Å². The highest BCUT2D eigenvalue weighted by Gasteiger charge is 2.23. The third-order valence-corrected chi connectivity index (χ3v) is 5.80. The summed E-state index contributed by atoms with van der Waals surface area (Å²) in [6.45, 7) is 3.69. The van der Waals surface area contributed by atoms with Crippen molar-refractivity contribution in [1.82, 2.24) is 14.9 Å². The normalized spacial score (nSPS) is 15.1. The maximum absolute atomic E-state index is 12.5. The number of aryl methyl sites for hydroxylation is 1. The number of carbonyl (C=O) groups is 1. The monoisotopic (exact) mass is 385 g/mol. The van der Waals surface area contributed by atoms with E-state index >= 15 is 0 Å². The molecule has 1 fully saturated rings. The van der Waals surface area contributed by atoms with E-state index in [1.165, 1.54) is 23.4 Å². The Balaban J connectivity index is 1.46. The largest absolute Gasteiger partial charge is 0.342 e. The highest BCUT2D eigenvalue weighted by Crippen LogP contribution is 2.22. The summed E-state index contributed by atoms with van der Waals surface area (Å²) in [6, 6.07) is 12.1. The first-order valence-corrected chi connectivity index (χ1v) is 10.7. The first-order valence-electron chi connectivity index (χ1n) is 9.68. The minimum absolute atomic E-state index is 0.127. The lowest BCUT2D eigenvalue weighted by molar-refractivity contribution is -0.129. The molecule has 27 heavy (non-hydrogen) atoms. The summed E-state index contributed by atoms with van der Waals surface area (Å²) in [5, 5.41) is 0.540. The third-order valence-electron chi connectivity index (χ3n) is 4.95. The molecule has 1 aliphatic heterocycles. The third kappa shape index (κ3) is 5.96. The number of likely N-dealkylation sites (tertiary alicyclic amines) is 1. The molecular formula is C21H27N3O2S. The van der Waals surface area contributed by atoms with Gasteiger partial charge < -0.3 is 9.88 Å². The van der Waals surface area contributed by atoms with Crippen molar-refractivity contribution >= 4 is 17.7 Å². The number of benzene rings is 1. The van der Waals surface area contributed by atoms with Crippen molar-refractivity contribution < 1.29 is 4.79 Å². The lowest BCUT2D eigenvalue weighted by atomic mass is 9.90. The minimum Gasteiger partial charge on any atom is -0.342 e. The summed E-state index contributed by atoms with van der Waals surface area (Å²) in [4.78, 5) is 33.3. The summed E-state index contributed by atoms with van der Waals surface area (Å²) in [7, 11) is 0. The van der Waals surface area contributed by atoms with Gasteiger partial charge in [0.1, 0.15) is 0 Å². The number of rotatable bonds is 7. The Hall–Kier alpha value is -2.08. The number of nitrogens with zero attached hydrogens (tertiary/aromatic N) is 2. The van der Waals surface area contributed by atoms with E-state index in [-0.39, 0.29) is 11.5 Å². The summed E-state index contributed by atoms with van der Waals surface area (Å²) in [5.74, 6) is 1.09. The number of hydrogen-bond acceptors (Lipinski definition) is 4. The number of thioether (sulfide) groups is 1. The van der Waals surface area contributed by atoms with Crippen LogP contribution in [0.3, 0.4) is 0 Å². The van der Waals surface area contributed by atoms with Gasteiger partial charge in [-0.15, -0.1) is 0 Å². The maximum atomic E-state index is 12.5. The molecular weight excluding hydrogens is 358 g/mol. The number of hydrogen-bond donors (Lipinski definition) is 1. The van der Waals surface area contributed by atoms with Crippen LogP contribution in [0.15, 0.2) is 46.3 Å². The number of H-pyrrole nitrogens is 1. The van der Waals surface area contributed by atoms with Gasteiger partial charge in [-0.2, -0.15) is 0 Å². The predicted molar refractivity (Wildman–Crippen MR) is 109 cm³/mol. The van der Waals surface area contributed by atoms with Crippen LogP contribution in [0.25, 0.3) is 0 Å². The quantitative estimate of drug-likeness (QED) is 0.587. The summed E-state index contributed by atoms with van der Waals surface area (Å²) in [5.41, 5.74) is 2.02. The molecule has 2 aromatic rings. The van der Waals surface area contributed by atoms with Crippen LogP contribution >= 0.6 is 11.8 Å². The molecule has 0 spiro atoms. The standard InChI is InChI=1S/C21H27N3O2S/c1-2-6-18-14-19(25)23-21(22-18)27-15-20(26)24-11-9-17(10-12-24)13-16-7-4-3-5-8-16/h3-5,7-8,14,17H,2,6,9-13,15H2,1H3,(H,22,23,25). The van der Waals surface area contributed by atoms with Crippen LogP contribution in [0.1, 0.15) is 37.4 Å². The molecule has 2 heterocycles. The Morgan fingerprint density at radius 1 is 1.26 bits per heavy atom. The zero-order chi connectivity index (χ0) is 19.1. The van der Waals surface area contributed by atoms with E-state index in [4.69, 9.17) is 0 Å². The molecule has 1 aliphatic rings. The van der Waals surface area contributed by atoms with Crippen molar-refractivity contribution in [3.8, 4) is 0 Å². The lowest BCUT2D eigenvalue weighted by Gasteiger charge is -2.32. The van der Waals surface area contributed by atoms with E-state index in [0.29, 0.717) is 16.8 Å². The Kier molecular flexibility index (Phi) is 7.10. The topological polar surface area (TPSA) is 66.1 Å². The van der Waals surface area contributed by atoms with Crippen LogP contribution in [-0.2, 0) is 17.6 Å². The number of amides is 1. The number of aromatic nitrogens is 2. The Morgan fingerprint density at radius 3 is 2.70 bits per heavy atom. The molecule has 3 rings (SSSR count). The Bertz CT molecular complexity index is 799. The SMILES string of the molecule is CCCc1cc(=O)[nH]c(SCC(=O)N2CCC(Cc3ccccc3)CC2)n1. The minimum atomic E-state index is -0.148. The van der Waals surface area contributed by atoms with Crippen molar-refractivity contribution in [2.24, 2.45) is 5.92 Å². The smallest absolute Gasteiger partial charge is 0.251 e. The van der Waals surface area contributed by atoms with Gasteiger partial charge in [-0.05, 0) is 37.2 Å². The zero-order valence-corrected chi connectivity index (χ0v) is 16.6. The average molecular weight is 386 g/mol. The molecule has 0 bridgehead atoms. The van der Waals surface area contributed by atoms with Gasteiger partial charge in [-0.3, -0.25) is 9.59 Å². The van der Waals surface area contributed by atoms with Crippen LogP contribution in [0, 0.1) is 5.92 Å². The van der Waals surface area contributed by atoms with Gasteiger partial charge in [0.05, 0.1) is 5.75 Å². The fraction of sp³-hybridized carbons (Fsp3) is 0.476. The maximum Gasteiger partial charge on any atom is 0.251 e. The highest BCUT2D eigenvalue weighted by atomic mass is 32.2. The molecule has 1 aromatic carbocycles. The first kappa shape index (κ1) is 19.7. The molecule has 0 saturated carbocycles. The number of piperidine rings is 1. The van der Waals surface area contributed by atoms with E-state index in [1.807, 2.05) is 11.0 Å². The molecule has 0 radical (unpaired) electrons. The van der Waals surface area contributed by atoms with Gasteiger partial charge >= 0.3 is 0 Å². The van der Waals surface area contributed by atoms with Gasteiger partial charge in [0.15, 0.2) is 5.16 Å². The molecule has 1 amide bonds. The van der Waals surface area contributed by atoms with E-state index in [9.17, 15) is 9.59 Å². The van der Waals surface area contributed by atoms with Crippen LogP contribution in [-0.4, -0.2) is 39.6 Å². The summed E-state index contributed by atoms with van der Waals surface area (Å²) in [6.07, 6.45) is 4.91. The summed E-state index contributed by atoms with van der Waals surface area (Å²) >= 11 is 1.32. The van der Waals surface area contributed by atoms with Crippen LogP contribution < -0.4 is 5.56 Å². The molecule has 144 valence electrons. The van der Waals surface area contributed by atoms with E-state index < -0.39 is 0 Å². The van der Waals surface area contributed by atoms with Gasteiger partial charge in [-0.1, -0.05) is 55.4 Å². The molecule has 1 N–H and O–H groups in total. The first-order chi connectivity index (χ1) is 13.1. The van der Waals surface area contributed by atoms with Crippen LogP contribution in [0.4, 0.5) is 0 Å². The molecule has 0 aliphatic carbocycles. The fourth-order valence-corrected chi connectivity index (χ4v) is 4.29. The fourth-order valence-electron chi connectivity index (χ4n) is 3.49. The molecule has 1 aromatic heterocycles. The number of carbonyl (C=O) groups excluding carboxylic acids is 1. The second kappa shape index (κ2) is 9.74. The number of aromatic amines is 1. The number of nitrogens with one attached hydrogen (secondary N) is 1. The highest BCUT2D eigenvalue weighted by molar-refractivity contribution is 7.99. The van der Waals surface area contributed by atoms with E-state index in [2.05, 4.69) is 41.2 Å². The second-order valence-corrected chi connectivity index (χ2v) is 8.06. The van der Waals surface area contributed by atoms with Gasteiger partial charge in [-0.25, -0.2) is 4.98 Å². The van der Waals surface area contributed by atoms with Gasteiger partial charge in [0.2, 0.25) is 5.91 Å². The van der Waals surface area contributed by atoms with Gasteiger partial charge in [0.25, 0.3) is 5.56 Å². The molecule has 6 heteroatoms. The van der Waals surface area contributed by atoms with Crippen molar-refractivity contribution in [3.05, 3.63) is 58.0 Å². The summed E-state index contributed by atoms with van der Waals surface area (Å²) < 4.78 is 0. The van der Waals surface area contributed by atoms with Crippen molar-refractivity contribution in [2.45, 2.75) is 44.2 Å². The Labute approximate surface area is 164 Å². The van der Waals surface area contributed by atoms with E-state index in [1.54, 1.807) is 0 Å². The van der Waals surface area contributed by atoms with Gasteiger partial charge in [0, 0.05) is 24.8 Å². The second-order valence-electron chi connectivity index (χ2n) is 7.09. The average Bonchev–Trinajstić information content (AvgIpc) is 2.67. The van der Waals surface area contributed by atoms with Crippen molar-refractivity contribution in [2.75, 3.05) is 18.8 Å². The zero-order valence-electron chi connectivity index (χ0n) is 15.8. The molecule has 1 saturated heterocycles. The predicted octanol–water partition coefficient (Wildman–Crippen LogP) is 3.30. The molecule has 5 nitrogen and oxygen atoms in total. The van der Waals surface area contributed by atoms with E-state index in [0.717, 1.165) is 50.9 Å². The van der Waals surface area contributed by atoms with Crippen molar-refractivity contribution in [1.29, 1.82) is 0 Å². The Morgan fingerprint density at radius 2 is 2.00 bits per heavy atom. The van der Waals surface area contributed by atoms with Crippen molar-refractivity contribution in [3.63, 3.8) is 0 Å². The molecule has 0 unspecified atom stereocenters. The van der Waals surface area contributed by atoms with Crippen LogP contribution in [0.5, 0.6) is 0 Å².